The van der Waals surface area contributed by atoms with Gasteiger partial charge in [-0.3, -0.25) is 0 Å². The molecule has 0 heterocycles. The Hall–Kier alpha value is -1.93. The molecule has 0 aliphatic heterocycles. The van der Waals surface area contributed by atoms with E-state index < -0.39 is 17.4 Å². The lowest BCUT2D eigenvalue weighted by molar-refractivity contribution is -0.0825. The monoisotopic (exact) mass is 1010 g/mol. The molecule has 0 aromatic heterocycles. The van der Waals surface area contributed by atoms with Crippen LogP contribution in [-0.4, -0.2) is 17.4 Å². The predicted octanol–water partition coefficient (Wildman–Crippen LogP) is 17.2. The van der Waals surface area contributed by atoms with E-state index in [1.165, 1.54) is 44.5 Å². The Balaban J connectivity index is 1.08. The zero-order valence-corrected chi connectivity index (χ0v) is 40.4. The van der Waals surface area contributed by atoms with Gasteiger partial charge < -0.3 is 9.47 Å². The van der Waals surface area contributed by atoms with Gasteiger partial charge in [-0.1, -0.05) is 141 Å². The average molecular weight is 1010 g/mol. The van der Waals surface area contributed by atoms with E-state index in [4.69, 9.17) is 9.47 Å². The molecule has 0 saturated carbocycles. The summed E-state index contributed by atoms with van der Waals surface area (Å²) in [6, 6.07) is 26.8. The molecular weight excluding hydrogens is 956 g/mol. The van der Waals surface area contributed by atoms with Crippen LogP contribution in [0.4, 0.5) is 4.79 Å². The fourth-order valence-corrected chi connectivity index (χ4v) is 11.0. The summed E-state index contributed by atoms with van der Waals surface area (Å²) in [5.74, 6) is 0. The van der Waals surface area contributed by atoms with E-state index in [2.05, 4.69) is 178 Å². The minimum Gasteiger partial charge on any atom is -0.428 e. The van der Waals surface area contributed by atoms with Gasteiger partial charge in [-0.25, -0.2) is 4.79 Å². The van der Waals surface area contributed by atoms with Gasteiger partial charge in [0.25, 0.3) is 0 Å². The Kier molecular flexibility index (Phi) is 14.1. The number of ether oxygens (including phenoxy) is 2. The Morgan fingerprint density at radius 1 is 0.500 bits per heavy atom. The van der Waals surface area contributed by atoms with Crippen molar-refractivity contribution in [2.45, 2.75) is 153 Å². The summed E-state index contributed by atoms with van der Waals surface area (Å²) < 4.78 is 17.2. The van der Waals surface area contributed by atoms with E-state index >= 15 is 0 Å². The maximum Gasteiger partial charge on any atom is 0.509 e. The van der Waals surface area contributed by atoms with Gasteiger partial charge in [-0.15, -0.1) is 0 Å². The number of halogens is 4. The molecule has 0 bridgehead atoms. The number of carbonyl (C=O) groups is 1. The highest BCUT2D eigenvalue weighted by atomic mass is 79.9. The van der Waals surface area contributed by atoms with E-state index in [0.717, 1.165) is 108 Å². The third kappa shape index (κ3) is 9.42. The lowest BCUT2D eigenvalue weighted by Crippen LogP contribution is -2.38. The molecule has 2 unspecified atom stereocenters. The van der Waals surface area contributed by atoms with Crippen molar-refractivity contribution in [2.24, 2.45) is 0 Å². The molecule has 4 aromatic rings. The van der Waals surface area contributed by atoms with E-state index in [1.54, 1.807) is 0 Å². The Morgan fingerprint density at radius 3 is 1.07 bits per heavy atom. The number of benzene rings is 4. The van der Waals surface area contributed by atoms with Gasteiger partial charge in [0.15, 0.2) is 0 Å². The molecule has 56 heavy (non-hydrogen) atoms. The number of rotatable bonds is 18. The van der Waals surface area contributed by atoms with Crippen LogP contribution in [0.15, 0.2) is 90.7 Å². The molecule has 3 nitrogen and oxygen atoms in total. The third-order valence-electron chi connectivity index (χ3n) is 12.9. The SMILES string of the molecule is CCCCC(C)(CCCCC1(C)c2cc(Br)ccc2-c2ccc(Br)cc21)OC(=O)OC(C)(CCCC)CCCCC1(C)c2cc(Br)ccc2-c2ccc(Br)cc21. The second kappa shape index (κ2) is 18.1. The summed E-state index contributed by atoms with van der Waals surface area (Å²) in [6.45, 7) is 13.4. The van der Waals surface area contributed by atoms with Gasteiger partial charge in [-0.05, 0) is 171 Å². The minimum absolute atomic E-state index is 0.0887. The van der Waals surface area contributed by atoms with Crippen molar-refractivity contribution >= 4 is 69.9 Å². The molecule has 0 amide bonds. The van der Waals surface area contributed by atoms with E-state index in [-0.39, 0.29) is 10.8 Å². The van der Waals surface area contributed by atoms with Crippen molar-refractivity contribution < 1.29 is 14.3 Å². The first kappa shape index (κ1) is 43.6. The van der Waals surface area contributed by atoms with E-state index in [1.807, 2.05) is 0 Å². The summed E-state index contributed by atoms with van der Waals surface area (Å²) in [4.78, 5) is 13.8. The quantitative estimate of drug-likeness (QED) is 0.0736. The first-order valence-corrected chi connectivity index (χ1v) is 23.9. The maximum absolute atomic E-state index is 13.8. The van der Waals surface area contributed by atoms with Crippen molar-refractivity contribution in [3.63, 3.8) is 0 Å². The topological polar surface area (TPSA) is 35.5 Å². The molecule has 2 aliphatic carbocycles. The average Bonchev–Trinajstić information content (AvgIpc) is 3.53. The molecule has 2 atom stereocenters. The number of hydrogen-bond donors (Lipinski definition) is 0. The van der Waals surface area contributed by atoms with Crippen molar-refractivity contribution in [2.75, 3.05) is 0 Å². The largest absolute Gasteiger partial charge is 0.509 e. The summed E-state index contributed by atoms with van der Waals surface area (Å²) in [5.41, 5.74) is 9.52. The fraction of sp³-hybridized carbons (Fsp3) is 0.490. The fourth-order valence-electron chi connectivity index (χ4n) is 9.59. The molecule has 2 aliphatic rings. The van der Waals surface area contributed by atoms with Crippen molar-refractivity contribution in [1.82, 2.24) is 0 Å². The van der Waals surface area contributed by atoms with Crippen LogP contribution in [0, 0.1) is 0 Å². The molecule has 6 rings (SSSR count). The van der Waals surface area contributed by atoms with Crippen LogP contribution in [-0.2, 0) is 20.3 Å². The summed E-state index contributed by atoms with van der Waals surface area (Å²) in [7, 11) is 0. The van der Waals surface area contributed by atoms with Crippen LogP contribution in [0.25, 0.3) is 22.3 Å². The first-order valence-electron chi connectivity index (χ1n) is 20.8. The van der Waals surface area contributed by atoms with Crippen LogP contribution >= 0.6 is 63.7 Å². The highest BCUT2D eigenvalue weighted by Crippen LogP contribution is 2.54. The van der Waals surface area contributed by atoms with Gasteiger partial charge in [0.1, 0.15) is 11.2 Å². The summed E-state index contributed by atoms with van der Waals surface area (Å²) in [5, 5.41) is 0. The van der Waals surface area contributed by atoms with Crippen LogP contribution in [0.5, 0.6) is 0 Å². The second-order valence-electron chi connectivity index (χ2n) is 17.4. The zero-order chi connectivity index (χ0) is 40.3. The Bertz CT molecular complexity index is 1790. The molecule has 7 heteroatoms. The van der Waals surface area contributed by atoms with Crippen molar-refractivity contribution in [3.8, 4) is 22.3 Å². The van der Waals surface area contributed by atoms with Crippen LogP contribution < -0.4 is 0 Å². The first-order chi connectivity index (χ1) is 26.6. The third-order valence-corrected chi connectivity index (χ3v) is 14.9. The molecule has 0 N–H and O–H groups in total. The van der Waals surface area contributed by atoms with Crippen molar-refractivity contribution in [1.29, 1.82) is 0 Å². The van der Waals surface area contributed by atoms with Gasteiger partial charge >= 0.3 is 6.16 Å². The number of carbonyl (C=O) groups excluding carboxylic acids is 1. The lowest BCUT2D eigenvalue weighted by atomic mass is 9.75. The molecule has 0 radical (unpaired) electrons. The zero-order valence-electron chi connectivity index (χ0n) is 34.1. The minimum atomic E-state index is -0.572. The van der Waals surface area contributed by atoms with Gasteiger partial charge in [0.2, 0.25) is 0 Å². The van der Waals surface area contributed by atoms with Crippen LogP contribution in [0.2, 0.25) is 0 Å². The maximum atomic E-state index is 13.8. The number of fused-ring (bicyclic) bond motifs is 6. The second-order valence-corrected chi connectivity index (χ2v) is 21.1. The molecule has 300 valence electrons. The van der Waals surface area contributed by atoms with E-state index in [9.17, 15) is 4.79 Å². The highest BCUT2D eigenvalue weighted by molar-refractivity contribution is 9.11. The van der Waals surface area contributed by atoms with Crippen molar-refractivity contribution in [3.05, 3.63) is 113 Å². The van der Waals surface area contributed by atoms with E-state index in [0.29, 0.717) is 0 Å². The molecule has 0 fully saturated rings. The molecule has 4 aromatic carbocycles. The van der Waals surface area contributed by atoms with Gasteiger partial charge in [-0.2, -0.15) is 0 Å². The molecule has 0 spiro atoms. The summed E-state index contributed by atoms with van der Waals surface area (Å²) >= 11 is 15.0. The Labute approximate surface area is 370 Å². The number of unbranched alkanes of at least 4 members (excludes halogenated alkanes) is 4. The standard InChI is InChI=1S/C49H58Br4O3/c1-7-9-23-46(3,25-11-13-27-48(5)41-29-33(50)15-19-37(41)38-20-16-34(51)30-42(38)48)55-45(54)56-47(4,24-10-8-2)26-12-14-28-49(6)43-31-35(52)17-21-39(43)40-22-18-36(53)32-44(40)49/h15-22,29-32H,7-14,23-28H2,1-6H3. The smallest absolute Gasteiger partial charge is 0.428 e. The molecule has 0 saturated heterocycles. The lowest BCUT2D eigenvalue weighted by Gasteiger charge is -2.34. The normalized spacial score (nSPS) is 16.6. The predicted molar refractivity (Wildman–Crippen MR) is 248 cm³/mol. The summed E-state index contributed by atoms with van der Waals surface area (Å²) in [6.07, 6.45) is 13.0. The van der Waals surface area contributed by atoms with Gasteiger partial charge in [0, 0.05) is 28.7 Å². The molecular formula is C49H58Br4O3. The highest BCUT2D eigenvalue weighted by Gasteiger charge is 2.41. The van der Waals surface area contributed by atoms with Gasteiger partial charge in [0.05, 0.1) is 0 Å². The Morgan fingerprint density at radius 2 is 0.786 bits per heavy atom. The number of hydrogen-bond acceptors (Lipinski definition) is 3. The van der Waals surface area contributed by atoms with Crippen LogP contribution in [0.3, 0.4) is 0 Å². The van der Waals surface area contributed by atoms with Crippen LogP contribution in [0.1, 0.15) is 154 Å².